The van der Waals surface area contributed by atoms with Crippen molar-refractivity contribution in [2.24, 2.45) is 5.92 Å². The molecule has 1 amide bonds. The van der Waals surface area contributed by atoms with Gasteiger partial charge in [0.05, 0.1) is 12.7 Å². The molecule has 2 N–H and O–H groups in total. The van der Waals surface area contributed by atoms with Crippen LogP contribution in [0.15, 0.2) is 18.7 Å². The highest BCUT2D eigenvalue weighted by molar-refractivity contribution is 5.77. The van der Waals surface area contributed by atoms with E-state index >= 15 is 0 Å². The Morgan fingerprint density at radius 2 is 2.05 bits per heavy atom. The maximum absolute atomic E-state index is 12.2. The fourth-order valence-corrected chi connectivity index (χ4v) is 2.30. The van der Waals surface area contributed by atoms with Crippen LogP contribution in [0.3, 0.4) is 0 Å². The van der Waals surface area contributed by atoms with Crippen molar-refractivity contribution in [1.82, 2.24) is 14.9 Å². The summed E-state index contributed by atoms with van der Waals surface area (Å²) in [7, 11) is 0. The summed E-state index contributed by atoms with van der Waals surface area (Å²) in [4.78, 5) is 27.0. The van der Waals surface area contributed by atoms with E-state index in [2.05, 4.69) is 17.2 Å². The van der Waals surface area contributed by atoms with Gasteiger partial charge in [-0.1, -0.05) is 27.2 Å². The lowest BCUT2D eigenvalue weighted by atomic mass is 10.00. The lowest BCUT2D eigenvalue weighted by molar-refractivity contribution is -0.138. The second-order valence-corrected chi connectivity index (χ2v) is 5.67. The van der Waals surface area contributed by atoms with E-state index in [-0.39, 0.29) is 30.3 Å². The standard InChI is InChI=1S/C15H25N3O3/c1-4-5-12(18-7-6-16-10-18)8-14(19)17-13(11(2)3)9-15(20)21/h6-7,10-13H,4-5,8-9H2,1-3H3,(H,17,19)(H,20,21). The van der Waals surface area contributed by atoms with E-state index in [0.29, 0.717) is 6.42 Å². The predicted octanol–water partition coefficient (Wildman–Crippen LogP) is 2.23. The molecule has 0 bridgehead atoms. The van der Waals surface area contributed by atoms with Gasteiger partial charge in [0.1, 0.15) is 0 Å². The average Bonchev–Trinajstić information content (AvgIpc) is 2.90. The third kappa shape index (κ3) is 5.97. The quantitative estimate of drug-likeness (QED) is 0.731. The Balaban J connectivity index is 2.62. The van der Waals surface area contributed by atoms with Crippen molar-refractivity contribution < 1.29 is 14.7 Å². The zero-order valence-electron chi connectivity index (χ0n) is 13.0. The number of carbonyl (C=O) groups is 2. The van der Waals surface area contributed by atoms with Gasteiger partial charge in [-0.15, -0.1) is 0 Å². The molecule has 0 spiro atoms. The molecule has 1 rings (SSSR count). The second-order valence-electron chi connectivity index (χ2n) is 5.67. The molecule has 2 unspecified atom stereocenters. The molecular formula is C15H25N3O3. The summed E-state index contributed by atoms with van der Waals surface area (Å²) < 4.78 is 1.94. The van der Waals surface area contributed by atoms with Crippen LogP contribution in [0.1, 0.15) is 52.5 Å². The SMILES string of the molecule is CCCC(CC(=O)NC(CC(=O)O)C(C)C)n1ccnc1. The van der Waals surface area contributed by atoms with E-state index in [9.17, 15) is 9.59 Å². The van der Waals surface area contributed by atoms with Crippen LogP contribution in [0.4, 0.5) is 0 Å². The topological polar surface area (TPSA) is 84.2 Å². The van der Waals surface area contributed by atoms with Gasteiger partial charge in [0.15, 0.2) is 0 Å². The smallest absolute Gasteiger partial charge is 0.305 e. The third-order valence-corrected chi connectivity index (χ3v) is 3.54. The minimum atomic E-state index is -0.895. The number of carboxylic acids is 1. The van der Waals surface area contributed by atoms with Crippen molar-refractivity contribution in [3.8, 4) is 0 Å². The van der Waals surface area contributed by atoms with Gasteiger partial charge in [-0.25, -0.2) is 4.98 Å². The van der Waals surface area contributed by atoms with Crippen LogP contribution in [0.25, 0.3) is 0 Å². The number of hydrogen-bond acceptors (Lipinski definition) is 3. The molecule has 0 saturated heterocycles. The van der Waals surface area contributed by atoms with E-state index in [1.807, 2.05) is 24.6 Å². The second kappa shape index (κ2) is 8.44. The van der Waals surface area contributed by atoms with E-state index in [4.69, 9.17) is 5.11 Å². The van der Waals surface area contributed by atoms with Crippen LogP contribution in [0.2, 0.25) is 0 Å². The molecule has 0 aromatic carbocycles. The van der Waals surface area contributed by atoms with E-state index in [1.165, 1.54) is 0 Å². The van der Waals surface area contributed by atoms with E-state index in [1.54, 1.807) is 12.5 Å². The maximum atomic E-state index is 12.2. The van der Waals surface area contributed by atoms with Crippen LogP contribution >= 0.6 is 0 Å². The molecule has 1 heterocycles. The first kappa shape index (κ1) is 17.2. The summed E-state index contributed by atoms with van der Waals surface area (Å²) in [6.07, 6.45) is 7.41. The van der Waals surface area contributed by atoms with Crippen LogP contribution in [0.5, 0.6) is 0 Å². The molecule has 6 heteroatoms. The Bertz CT molecular complexity index is 443. The number of rotatable bonds is 9. The Morgan fingerprint density at radius 3 is 2.52 bits per heavy atom. The first-order valence-corrected chi connectivity index (χ1v) is 7.42. The Morgan fingerprint density at radius 1 is 1.33 bits per heavy atom. The number of aromatic nitrogens is 2. The molecule has 6 nitrogen and oxygen atoms in total. The normalized spacial score (nSPS) is 13.9. The van der Waals surface area contributed by atoms with Crippen LogP contribution in [-0.2, 0) is 9.59 Å². The van der Waals surface area contributed by atoms with Gasteiger partial charge in [-0.3, -0.25) is 9.59 Å². The van der Waals surface area contributed by atoms with Gasteiger partial charge in [-0.2, -0.15) is 0 Å². The Kier molecular flexibility index (Phi) is 6.91. The number of nitrogens with one attached hydrogen (secondary N) is 1. The third-order valence-electron chi connectivity index (χ3n) is 3.54. The van der Waals surface area contributed by atoms with Crippen LogP contribution in [-0.4, -0.2) is 32.6 Å². The van der Waals surface area contributed by atoms with E-state index < -0.39 is 5.97 Å². The molecule has 0 radical (unpaired) electrons. The van der Waals surface area contributed by atoms with Crippen molar-refractivity contribution in [2.75, 3.05) is 0 Å². The number of carboxylic acid groups (broad SMARTS) is 1. The molecule has 1 aromatic rings. The minimum Gasteiger partial charge on any atom is -0.481 e. The van der Waals surface area contributed by atoms with Crippen molar-refractivity contribution in [3.63, 3.8) is 0 Å². The van der Waals surface area contributed by atoms with Crippen molar-refractivity contribution in [3.05, 3.63) is 18.7 Å². The lowest BCUT2D eigenvalue weighted by Gasteiger charge is -2.23. The molecule has 0 saturated carbocycles. The van der Waals surface area contributed by atoms with Crippen LogP contribution in [0, 0.1) is 5.92 Å². The Hall–Kier alpha value is -1.85. The molecule has 0 fully saturated rings. The summed E-state index contributed by atoms with van der Waals surface area (Å²) in [5, 5.41) is 11.7. The van der Waals surface area contributed by atoms with Crippen molar-refractivity contribution in [1.29, 1.82) is 0 Å². The summed E-state index contributed by atoms with van der Waals surface area (Å²) in [5.41, 5.74) is 0. The number of imidazole rings is 1. The summed E-state index contributed by atoms with van der Waals surface area (Å²) in [5.74, 6) is -0.918. The molecule has 118 valence electrons. The largest absolute Gasteiger partial charge is 0.481 e. The molecule has 2 atom stereocenters. The van der Waals surface area contributed by atoms with E-state index in [0.717, 1.165) is 12.8 Å². The van der Waals surface area contributed by atoms with Gasteiger partial charge in [-0.05, 0) is 12.3 Å². The molecule has 0 aliphatic rings. The summed E-state index contributed by atoms with van der Waals surface area (Å²) in [6.45, 7) is 5.89. The summed E-state index contributed by atoms with van der Waals surface area (Å²) >= 11 is 0. The first-order valence-electron chi connectivity index (χ1n) is 7.42. The molecular weight excluding hydrogens is 270 g/mol. The molecule has 0 aliphatic carbocycles. The van der Waals surface area contributed by atoms with Crippen molar-refractivity contribution >= 4 is 11.9 Å². The average molecular weight is 295 g/mol. The summed E-state index contributed by atoms with van der Waals surface area (Å²) in [6, 6.07) is -0.268. The van der Waals surface area contributed by atoms with Gasteiger partial charge in [0, 0.05) is 30.9 Å². The number of carbonyl (C=O) groups excluding carboxylic acids is 1. The van der Waals surface area contributed by atoms with Gasteiger partial charge >= 0.3 is 5.97 Å². The molecule has 21 heavy (non-hydrogen) atoms. The number of amides is 1. The number of hydrogen-bond donors (Lipinski definition) is 2. The molecule has 1 aromatic heterocycles. The fourth-order valence-electron chi connectivity index (χ4n) is 2.30. The zero-order chi connectivity index (χ0) is 15.8. The monoisotopic (exact) mass is 295 g/mol. The van der Waals surface area contributed by atoms with Crippen molar-refractivity contribution in [2.45, 2.75) is 58.5 Å². The zero-order valence-corrected chi connectivity index (χ0v) is 13.0. The maximum Gasteiger partial charge on any atom is 0.305 e. The highest BCUT2D eigenvalue weighted by Gasteiger charge is 2.21. The predicted molar refractivity (Wildman–Crippen MR) is 79.8 cm³/mol. The van der Waals surface area contributed by atoms with Crippen LogP contribution < -0.4 is 5.32 Å². The van der Waals surface area contributed by atoms with Gasteiger partial charge in [0.2, 0.25) is 5.91 Å². The number of nitrogens with zero attached hydrogens (tertiary/aromatic N) is 2. The highest BCUT2D eigenvalue weighted by atomic mass is 16.4. The number of aliphatic carboxylic acids is 1. The fraction of sp³-hybridized carbons (Fsp3) is 0.667. The van der Waals surface area contributed by atoms with Gasteiger partial charge < -0.3 is 15.0 Å². The first-order chi connectivity index (χ1) is 9.93. The van der Waals surface area contributed by atoms with Gasteiger partial charge in [0.25, 0.3) is 0 Å². The highest BCUT2D eigenvalue weighted by Crippen LogP contribution is 2.18. The molecule has 0 aliphatic heterocycles. The lowest BCUT2D eigenvalue weighted by Crippen LogP contribution is -2.40. The Labute approximate surface area is 125 Å². The minimum absolute atomic E-state index is 0.0487.